The Balaban J connectivity index is 1.79. The lowest BCUT2D eigenvalue weighted by molar-refractivity contribution is 0.0940. The van der Waals surface area contributed by atoms with E-state index in [1.807, 2.05) is 61.5 Å². The normalized spacial score (nSPS) is 11.6. The Hall–Kier alpha value is -4.13. The maximum atomic E-state index is 13.4. The lowest BCUT2D eigenvalue weighted by Gasteiger charge is -2.14. The molecule has 1 N–H and O–H groups in total. The summed E-state index contributed by atoms with van der Waals surface area (Å²) in [6.07, 6.45) is 5.15. The highest BCUT2D eigenvalue weighted by atomic mass is 16.5. The van der Waals surface area contributed by atoms with E-state index in [0.29, 0.717) is 28.3 Å². The van der Waals surface area contributed by atoms with Gasteiger partial charge in [-0.05, 0) is 55.0 Å². The van der Waals surface area contributed by atoms with Crippen LogP contribution < -0.4 is 14.8 Å². The molecule has 0 saturated heterocycles. The van der Waals surface area contributed by atoms with E-state index < -0.39 is 0 Å². The van der Waals surface area contributed by atoms with E-state index in [1.165, 1.54) is 0 Å². The van der Waals surface area contributed by atoms with Crippen molar-refractivity contribution in [3.63, 3.8) is 0 Å². The Morgan fingerprint density at radius 2 is 1.75 bits per heavy atom. The van der Waals surface area contributed by atoms with Crippen molar-refractivity contribution >= 4 is 5.91 Å². The standard InChI is InChI=1S/C25H24N4O3/c1-17(18-11-13-26-14-12-18)27-25(30)22-16-29(19-7-5-4-6-8-19)28-24(22)21-15-20(31-2)9-10-23(21)32-3/h4-17H,1-3H3,(H,27,30). The van der Waals surface area contributed by atoms with Gasteiger partial charge in [0, 0.05) is 24.2 Å². The fourth-order valence-electron chi connectivity index (χ4n) is 3.46. The summed E-state index contributed by atoms with van der Waals surface area (Å²) in [7, 11) is 3.18. The molecule has 162 valence electrons. The quantitative estimate of drug-likeness (QED) is 0.471. The maximum absolute atomic E-state index is 13.4. The number of ether oxygens (including phenoxy) is 2. The van der Waals surface area contributed by atoms with E-state index in [1.54, 1.807) is 43.6 Å². The van der Waals surface area contributed by atoms with Gasteiger partial charge < -0.3 is 14.8 Å². The summed E-state index contributed by atoms with van der Waals surface area (Å²) in [6, 6.07) is 18.6. The summed E-state index contributed by atoms with van der Waals surface area (Å²) in [5, 5.41) is 7.81. The van der Waals surface area contributed by atoms with Crippen molar-refractivity contribution in [2.75, 3.05) is 14.2 Å². The molecule has 4 aromatic rings. The van der Waals surface area contributed by atoms with Crippen LogP contribution in [0.5, 0.6) is 11.5 Å². The van der Waals surface area contributed by atoms with Crippen molar-refractivity contribution in [3.8, 4) is 28.4 Å². The number of rotatable bonds is 7. The van der Waals surface area contributed by atoms with E-state index in [2.05, 4.69) is 10.3 Å². The molecule has 0 aliphatic heterocycles. The molecule has 1 unspecified atom stereocenters. The first-order chi connectivity index (χ1) is 15.6. The second-order valence-corrected chi connectivity index (χ2v) is 7.21. The van der Waals surface area contributed by atoms with Crippen LogP contribution in [0.1, 0.15) is 28.9 Å². The SMILES string of the molecule is COc1ccc(OC)c(-c2nn(-c3ccccc3)cc2C(=O)NC(C)c2ccncc2)c1. The molecule has 0 saturated carbocycles. The summed E-state index contributed by atoms with van der Waals surface area (Å²) in [5.41, 5.74) is 3.41. The van der Waals surface area contributed by atoms with Gasteiger partial charge in [-0.2, -0.15) is 5.10 Å². The molecule has 0 aliphatic carbocycles. The molecule has 0 bridgehead atoms. The smallest absolute Gasteiger partial charge is 0.255 e. The molecular weight excluding hydrogens is 404 g/mol. The van der Waals surface area contributed by atoms with E-state index in [0.717, 1.165) is 11.3 Å². The predicted molar refractivity (Wildman–Crippen MR) is 122 cm³/mol. The minimum atomic E-state index is -0.239. The predicted octanol–water partition coefficient (Wildman–Crippen LogP) is 4.44. The zero-order chi connectivity index (χ0) is 22.5. The minimum absolute atomic E-state index is 0.203. The first kappa shape index (κ1) is 21.1. The van der Waals surface area contributed by atoms with Crippen molar-refractivity contribution in [2.45, 2.75) is 13.0 Å². The zero-order valence-corrected chi connectivity index (χ0v) is 18.1. The summed E-state index contributed by atoms with van der Waals surface area (Å²) in [6.45, 7) is 1.93. The highest BCUT2D eigenvalue weighted by molar-refractivity contribution is 6.00. The van der Waals surface area contributed by atoms with Crippen molar-refractivity contribution in [1.82, 2.24) is 20.1 Å². The van der Waals surface area contributed by atoms with Crippen LogP contribution in [0.2, 0.25) is 0 Å². The van der Waals surface area contributed by atoms with E-state index in [4.69, 9.17) is 14.6 Å². The molecule has 1 amide bonds. The molecule has 4 rings (SSSR count). The average molecular weight is 428 g/mol. The monoisotopic (exact) mass is 428 g/mol. The van der Waals surface area contributed by atoms with Crippen molar-refractivity contribution < 1.29 is 14.3 Å². The summed E-state index contributed by atoms with van der Waals surface area (Å²) >= 11 is 0. The van der Waals surface area contributed by atoms with Gasteiger partial charge in [0.15, 0.2) is 0 Å². The summed E-state index contributed by atoms with van der Waals surface area (Å²) < 4.78 is 12.6. The molecule has 2 aromatic carbocycles. The number of carbonyl (C=O) groups is 1. The van der Waals surface area contributed by atoms with Crippen LogP contribution in [0.3, 0.4) is 0 Å². The number of benzene rings is 2. The number of aromatic nitrogens is 3. The van der Waals surface area contributed by atoms with Crippen LogP contribution >= 0.6 is 0 Å². The third kappa shape index (κ3) is 4.32. The van der Waals surface area contributed by atoms with Gasteiger partial charge in [-0.15, -0.1) is 0 Å². The minimum Gasteiger partial charge on any atom is -0.497 e. The van der Waals surface area contributed by atoms with Gasteiger partial charge in [0.1, 0.15) is 17.2 Å². The number of nitrogens with zero attached hydrogens (tertiary/aromatic N) is 3. The number of amides is 1. The van der Waals surface area contributed by atoms with Gasteiger partial charge in [0.05, 0.1) is 31.5 Å². The zero-order valence-electron chi connectivity index (χ0n) is 18.1. The van der Waals surface area contributed by atoms with Gasteiger partial charge in [0.25, 0.3) is 5.91 Å². The lowest BCUT2D eigenvalue weighted by atomic mass is 10.0. The van der Waals surface area contributed by atoms with Gasteiger partial charge in [-0.25, -0.2) is 4.68 Å². The van der Waals surface area contributed by atoms with Gasteiger partial charge in [-0.1, -0.05) is 18.2 Å². The fraction of sp³-hybridized carbons (Fsp3) is 0.160. The number of para-hydroxylation sites is 1. The lowest BCUT2D eigenvalue weighted by Crippen LogP contribution is -2.26. The van der Waals surface area contributed by atoms with Crippen molar-refractivity contribution in [1.29, 1.82) is 0 Å². The highest BCUT2D eigenvalue weighted by Crippen LogP contribution is 2.35. The molecule has 0 radical (unpaired) electrons. The Bertz CT molecular complexity index is 1210. The number of hydrogen-bond donors (Lipinski definition) is 1. The molecule has 0 spiro atoms. The molecule has 7 heteroatoms. The van der Waals surface area contributed by atoms with Crippen LogP contribution in [0, 0.1) is 0 Å². The van der Waals surface area contributed by atoms with Crippen LogP contribution in [-0.2, 0) is 0 Å². The third-order valence-corrected chi connectivity index (χ3v) is 5.20. The van der Waals surface area contributed by atoms with Gasteiger partial charge in [-0.3, -0.25) is 9.78 Å². The molecule has 2 aromatic heterocycles. The van der Waals surface area contributed by atoms with E-state index >= 15 is 0 Å². The molecule has 1 atom stereocenters. The number of carbonyl (C=O) groups excluding carboxylic acids is 1. The summed E-state index contributed by atoms with van der Waals surface area (Å²) in [5.74, 6) is 1.00. The Labute approximate surface area is 186 Å². The topological polar surface area (TPSA) is 78.3 Å². The first-order valence-electron chi connectivity index (χ1n) is 10.2. The maximum Gasteiger partial charge on any atom is 0.255 e. The fourth-order valence-corrected chi connectivity index (χ4v) is 3.46. The first-order valence-corrected chi connectivity index (χ1v) is 10.2. The Morgan fingerprint density at radius 1 is 1.00 bits per heavy atom. The molecule has 0 fully saturated rings. The van der Waals surface area contributed by atoms with Gasteiger partial charge >= 0.3 is 0 Å². The number of methoxy groups -OCH3 is 2. The molecule has 32 heavy (non-hydrogen) atoms. The Morgan fingerprint density at radius 3 is 2.44 bits per heavy atom. The number of nitrogens with one attached hydrogen (secondary N) is 1. The molecule has 2 heterocycles. The van der Waals surface area contributed by atoms with Crippen LogP contribution in [0.25, 0.3) is 16.9 Å². The molecule has 7 nitrogen and oxygen atoms in total. The van der Waals surface area contributed by atoms with Crippen LogP contribution in [0.15, 0.2) is 79.3 Å². The van der Waals surface area contributed by atoms with Crippen molar-refractivity contribution in [3.05, 3.63) is 90.4 Å². The second-order valence-electron chi connectivity index (χ2n) is 7.21. The molecule has 0 aliphatic rings. The van der Waals surface area contributed by atoms with Crippen LogP contribution in [0.4, 0.5) is 0 Å². The van der Waals surface area contributed by atoms with Gasteiger partial charge in [0.2, 0.25) is 0 Å². The van der Waals surface area contributed by atoms with Crippen LogP contribution in [-0.4, -0.2) is 34.9 Å². The second kappa shape index (κ2) is 9.34. The summed E-state index contributed by atoms with van der Waals surface area (Å²) in [4.78, 5) is 17.4. The average Bonchev–Trinajstić information content (AvgIpc) is 3.30. The highest BCUT2D eigenvalue weighted by Gasteiger charge is 2.23. The molecular formula is C25H24N4O3. The number of hydrogen-bond acceptors (Lipinski definition) is 5. The Kier molecular flexibility index (Phi) is 6.17. The van der Waals surface area contributed by atoms with E-state index in [-0.39, 0.29) is 11.9 Å². The largest absolute Gasteiger partial charge is 0.497 e. The van der Waals surface area contributed by atoms with E-state index in [9.17, 15) is 4.79 Å². The third-order valence-electron chi connectivity index (χ3n) is 5.20. The van der Waals surface area contributed by atoms with Crippen molar-refractivity contribution in [2.24, 2.45) is 0 Å². The number of pyridine rings is 1.